The lowest BCUT2D eigenvalue weighted by atomic mass is 9.46. The smallest absolute Gasteiger partial charge is 0.0657 e. The van der Waals surface area contributed by atoms with E-state index in [-0.39, 0.29) is 6.10 Å². The maximum atomic E-state index is 10.7. The minimum atomic E-state index is -0.482. The Morgan fingerprint density at radius 3 is 2.53 bits per heavy atom. The molecule has 5 aliphatic rings. The van der Waals surface area contributed by atoms with Crippen LogP contribution in [0.3, 0.4) is 0 Å². The van der Waals surface area contributed by atoms with Crippen LogP contribution in [0.2, 0.25) is 0 Å². The summed E-state index contributed by atoms with van der Waals surface area (Å²) < 4.78 is 0. The van der Waals surface area contributed by atoms with Gasteiger partial charge in [-0.25, -0.2) is 0 Å². The zero-order valence-corrected chi connectivity index (χ0v) is 19.8. The van der Waals surface area contributed by atoms with Gasteiger partial charge < -0.3 is 10.2 Å². The van der Waals surface area contributed by atoms with Crippen LogP contribution in [0.5, 0.6) is 0 Å². The Morgan fingerprint density at radius 2 is 1.80 bits per heavy atom. The summed E-state index contributed by atoms with van der Waals surface area (Å²) in [6.45, 7) is 7.23. The number of fused-ring (bicyclic) bond motifs is 5. The zero-order valence-electron chi connectivity index (χ0n) is 19.8. The summed E-state index contributed by atoms with van der Waals surface area (Å²) in [6, 6.07) is 0. The molecule has 0 heterocycles. The van der Waals surface area contributed by atoms with Gasteiger partial charge in [0, 0.05) is 0 Å². The number of aliphatic hydroxyl groups is 2. The molecule has 0 saturated heterocycles. The lowest BCUT2D eigenvalue weighted by molar-refractivity contribution is -0.0664. The largest absolute Gasteiger partial charge is 0.393 e. The fraction of sp³-hybridized carbons (Fsp3) is 0.929. The van der Waals surface area contributed by atoms with Crippen molar-refractivity contribution in [3.05, 3.63) is 11.6 Å². The van der Waals surface area contributed by atoms with Gasteiger partial charge >= 0.3 is 0 Å². The monoisotopic (exact) mass is 414 g/mol. The first kappa shape index (κ1) is 21.5. The molecule has 0 bridgehead atoms. The summed E-state index contributed by atoms with van der Waals surface area (Å²) in [4.78, 5) is 0. The van der Waals surface area contributed by atoms with Crippen molar-refractivity contribution in [2.45, 2.75) is 122 Å². The standard InChI is InChI=1S/C28H46O2/c1-26(30)16-17-28(3)21(18-26)10-12-22-23-13-11-20(27(23,2)15-14-24(22)28)8-5-9-25(29)19-6-4-7-19/h10,19-20,22-25,29-30H,4-9,11-18H2,1-3H3/t20-,22?,23?,24?,25?,26-,27+,28?/m0/s1. The molecule has 0 radical (unpaired) electrons. The molecule has 2 nitrogen and oxygen atoms in total. The van der Waals surface area contributed by atoms with Gasteiger partial charge in [0.25, 0.3) is 0 Å². The highest BCUT2D eigenvalue weighted by atomic mass is 16.3. The molecule has 170 valence electrons. The van der Waals surface area contributed by atoms with Crippen molar-refractivity contribution in [1.82, 2.24) is 0 Å². The lowest BCUT2D eigenvalue weighted by Crippen LogP contribution is -2.51. The Hall–Kier alpha value is -0.340. The maximum Gasteiger partial charge on any atom is 0.0657 e. The van der Waals surface area contributed by atoms with Gasteiger partial charge in [-0.05, 0) is 124 Å². The van der Waals surface area contributed by atoms with Crippen LogP contribution in [0.4, 0.5) is 0 Å². The van der Waals surface area contributed by atoms with E-state index in [1.54, 1.807) is 5.57 Å². The van der Waals surface area contributed by atoms with Crippen molar-refractivity contribution in [1.29, 1.82) is 0 Å². The zero-order chi connectivity index (χ0) is 21.1. The van der Waals surface area contributed by atoms with Crippen molar-refractivity contribution in [3.8, 4) is 0 Å². The molecule has 4 fully saturated rings. The highest BCUT2D eigenvalue weighted by Crippen LogP contribution is 2.67. The highest BCUT2D eigenvalue weighted by molar-refractivity contribution is 5.26. The predicted molar refractivity (Wildman–Crippen MR) is 123 cm³/mol. The van der Waals surface area contributed by atoms with E-state index in [2.05, 4.69) is 19.9 Å². The maximum absolute atomic E-state index is 10.7. The lowest BCUT2D eigenvalue weighted by Gasteiger charge is -2.59. The first-order valence-corrected chi connectivity index (χ1v) is 13.3. The van der Waals surface area contributed by atoms with Crippen LogP contribution < -0.4 is 0 Å². The Kier molecular flexibility index (Phi) is 5.46. The predicted octanol–water partition coefficient (Wildman–Crippen LogP) is 6.65. The van der Waals surface area contributed by atoms with Gasteiger partial charge in [0.05, 0.1) is 11.7 Å². The molecule has 0 aromatic heterocycles. The third-order valence-electron chi connectivity index (χ3n) is 11.3. The number of aliphatic hydroxyl groups excluding tert-OH is 1. The van der Waals surface area contributed by atoms with Crippen LogP contribution in [0.25, 0.3) is 0 Å². The third-order valence-corrected chi connectivity index (χ3v) is 11.3. The van der Waals surface area contributed by atoms with E-state index >= 15 is 0 Å². The molecule has 5 unspecified atom stereocenters. The average molecular weight is 415 g/mol. The second-order valence-electron chi connectivity index (χ2n) is 12.9. The van der Waals surface area contributed by atoms with Crippen LogP contribution in [-0.2, 0) is 0 Å². The quantitative estimate of drug-likeness (QED) is 0.495. The second-order valence-corrected chi connectivity index (χ2v) is 12.9. The number of rotatable bonds is 5. The summed E-state index contributed by atoms with van der Waals surface area (Å²) in [7, 11) is 0. The van der Waals surface area contributed by atoms with Gasteiger partial charge in [0.2, 0.25) is 0 Å². The van der Waals surface area contributed by atoms with E-state index in [0.717, 1.165) is 42.9 Å². The molecule has 5 aliphatic carbocycles. The Morgan fingerprint density at radius 1 is 1.00 bits per heavy atom. The second kappa shape index (κ2) is 7.62. The van der Waals surface area contributed by atoms with Crippen molar-refractivity contribution < 1.29 is 10.2 Å². The Balaban J connectivity index is 1.25. The molecule has 0 aromatic rings. The van der Waals surface area contributed by atoms with Crippen molar-refractivity contribution in [2.24, 2.45) is 40.4 Å². The summed E-state index contributed by atoms with van der Waals surface area (Å²) in [6.07, 6.45) is 20.0. The minimum absolute atomic E-state index is 0.0233. The molecule has 8 atom stereocenters. The van der Waals surface area contributed by atoms with Crippen LogP contribution >= 0.6 is 0 Å². The molecular weight excluding hydrogens is 368 g/mol. The SMILES string of the molecule is CC12CC[C@](C)(O)CC1=CCC1C2CC[C@@]2(C)C1CC[C@@H]2CCCC(O)C1CCC1. The molecule has 0 aliphatic heterocycles. The number of hydrogen-bond acceptors (Lipinski definition) is 2. The van der Waals surface area contributed by atoms with Crippen LogP contribution in [0, 0.1) is 40.4 Å². The number of allylic oxidation sites excluding steroid dienone is 1. The first-order valence-electron chi connectivity index (χ1n) is 13.3. The summed E-state index contributed by atoms with van der Waals surface area (Å²) in [5, 5.41) is 21.1. The van der Waals surface area contributed by atoms with Gasteiger partial charge in [-0.15, -0.1) is 0 Å². The fourth-order valence-electron chi connectivity index (χ4n) is 9.02. The van der Waals surface area contributed by atoms with Gasteiger partial charge in [-0.2, -0.15) is 0 Å². The highest BCUT2D eigenvalue weighted by Gasteiger charge is 2.58. The molecule has 5 rings (SSSR count). The van der Waals surface area contributed by atoms with Gasteiger partial charge in [-0.3, -0.25) is 0 Å². The van der Waals surface area contributed by atoms with E-state index in [9.17, 15) is 10.2 Å². The van der Waals surface area contributed by atoms with Crippen molar-refractivity contribution in [2.75, 3.05) is 0 Å². The van der Waals surface area contributed by atoms with Gasteiger partial charge in [-0.1, -0.05) is 38.3 Å². The topological polar surface area (TPSA) is 40.5 Å². The normalized spacial score (nSPS) is 49.4. The summed E-state index contributed by atoms with van der Waals surface area (Å²) >= 11 is 0. The average Bonchev–Trinajstić information content (AvgIpc) is 2.97. The molecular formula is C28H46O2. The Bertz CT molecular complexity index is 676. The Labute approximate surface area is 184 Å². The molecule has 2 N–H and O–H groups in total. The van der Waals surface area contributed by atoms with E-state index in [4.69, 9.17) is 0 Å². The molecule has 30 heavy (non-hydrogen) atoms. The minimum Gasteiger partial charge on any atom is -0.393 e. The van der Waals surface area contributed by atoms with Crippen LogP contribution in [-0.4, -0.2) is 21.9 Å². The van der Waals surface area contributed by atoms with E-state index in [1.807, 2.05) is 6.92 Å². The van der Waals surface area contributed by atoms with E-state index in [1.165, 1.54) is 70.6 Å². The van der Waals surface area contributed by atoms with Gasteiger partial charge in [0.15, 0.2) is 0 Å². The van der Waals surface area contributed by atoms with Crippen molar-refractivity contribution in [3.63, 3.8) is 0 Å². The summed E-state index contributed by atoms with van der Waals surface area (Å²) in [5.74, 6) is 4.10. The van der Waals surface area contributed by atoms with Crippen LogP contribution in [0.1, 0.15) is 111 Å². The van der Waals surface area contributed by atoms with E-state index < -0.39 is 5.60 Å². The van der Waals surface area contributed by atoms with Crippen LogP contribution in [0.15, 0.2) is 11.6 Å². The fourth-order valence-corrected chi connectivity index (χ4v) is 9.02. The molecule has 0 aromatic carbocycles. The summed E-state index contributed by atoms with van der Waals surface area (Å²) in [5.41, 5.74) is 1.98. The number of hydrogen-bond donors (Lipinski definition) is 2. The molecule has 4 saturated carbocycles. The van der Waals surface area contributed by atoms with Gasteiger partial charge in [0.1, 0.15) is 0 Å². The third kappa shape index (κ3) is 3.43. The molecule has 0 amide bonds. The molecule has 0 spiro atoms. The molecule has 2 heteroatoms. The van der Waals surface area contributed by atoms with Crippen molar-refractivity contribution >= 4 is 0 Å². The van der Waals surface area contributed by atoms with E-state index in [0.29, 0.717) is 16.7 Å². The first-order chi connectivity index (χ1) is 14.2.